The van der Waals surface area contributed by atoms with Crippen LogP contribution in [0.4, 0.5) is 0 Å². The minimum atomic E-state index is -0.351. The fourth-order valence-corrected chi connectivity index (χ4v) is 1.52. The summed E-state index contributed by atoms with van der Waals surface area (Å²) in [6, 6.07) is 8.58. The van der Waals surface area contributed by atoms with Gasteiger partial charge in [-0.2, -0.15) is 5.26 Å². The average molecular weight is 264 g/mol. The van der Waals surface area contributed by atoms with Crippen molar-refractivity contribution < 1.29 is 19.7 Å². The second kappa shape index (κ2) is 8.08. The number of carbonyl (C=O) groups is 1. The van der Waals surface area contributed by atoms with Gasteiger partial charge in [0.1, 0.15) is 11.8 Å². The number of para-hydroxylation sites is 1. The molecule has 1 rings (SSSR count). The number of nitrogens with zero attached hydrogens (tertiary/aromatic N) is 2. The summed E-state index contributed by atoms with van der Waals surface area (Å²) >= 11 is 0. The fraction of sp³-hybridized carbons (Fsp3) is 0.385. The summed E-state index contributed by atoms with van der Waals surface area (Å²) in [5, 5.41) is 26.5. The number of benzene rings is 1. The van der Waals surface area contributed by atoms with E-state index < -0.39 is 0 Å². The topological polar surface area (TPSA) is 93.8 Å². The number of aliphatic hydroxyl groups is 2. The molecule has 0 spiro atoms. The summed E-state index contributed by atoms with van der Waals surface area (Å²) in [6.45, 7) is -0.314. The zero-order chi connectivity index (χ0) is 14.1. The van der Waals surface area contributed by atoms with Crippen molar-refractivity contribution in [1.29, 1.82) is 5.26 Å². The van der Waals surface area contributed by atoms with E-state index in [-0.39, 0.29) is 38.8 Å². The van der Waals surface area contributed by atoms with Crippen molar-refractivity contribution in [2.45, 2.75) is 0 Å². The Kier molecular flexibility index (Phi) is 6.36. The predicted octanol–water partition coefficient (Wildman–Crippen LogP) is -0.250. The van der Waals surface area contributed by atoms with E-state index in [0.29, 0.717) is 11.3 Å². The van der Waals surface area contributed by atoms with E-state index in [1.807, 2.05) is 6.07 Å². The molecule has 1 aromatic carbocycles. The Labute approximate surface area is 111 Å². The molecular formula is C13H16N2O4. The lowest BCUT2D eigenvalue weighted by atomic mass is 10.2. The Morgan fingerprint density at radius 1 is 1.26 bits per heavy atom. The van der Waals surface area contributed by atoms with Crippen LogP contribution in [-0.4, -0.2) is 53.9 Å². The van der Waals surface area contributed by atoms with Crippen molar-refractivity contribution in [2.24, 2.45) is 0 Å². The lowest BCUT2D eigenvalue weighted by Gasteiger charge is -2.20. The highest BCUT2D eigenvalue weighted by atomic mass is 16.5. The van der Waals surface area contributed by atoms with E-state index in [9.17, 15) is 4.79 Å². The Morgan fingerprint density at radius 3 is 2.47 bits per heavy atom. The maximum Gasteiger partial charge on any atom is 0.260 e. The normalized spacial score (nSPS) is 9.74. The lowest BCUT2D eigenvalue weighted by molar-refractivity contribution is -0.134. The Balaban J connectivity index is 2.60. The molecule has 1 amide bonds. The maximum absolute atomic E-state index is 11.8. The largest absolute Gasteiger partial charge is 0.482 e. The molecule has 1 aromatic rings. The Morgan fingerprint density at radius 2 is 1.89 bits per heavy atom. The maximum atomic E-state index is 11.8. The van der Waals surface area contributed by atoms with Gasteiger partial charge in [0.05, 0.1) is 18.8 Å². The number of carbonyl (C=O) groups excluding carboxylic acids is 1. The van der Waals surface area contributed by atoms with Crippen LogP contribution in [0.3, 0.4) is 0 Å². The van der Waals surface area contributed by atoms with E-state index in [1.54, 1.807) is 24.3 Å². The quantitative estimate of drug-likeness (QED) is 0.708. The van der Waals surface area contributed by atoms with Gasteiger partial charge in [-0.25, -0.2) is 0 Å². The van der Waals surface area contributed by atoms with Crippen molar-refractivity contribution in [3.8, 4) is 11.8 Å². The molecule has 19 heavy (non-hydrogen) atoms. The number of hydrogen-bond donors (Lipinski definition) is 2. The van der Waals surface area contributed by atoms with Gasteiger partial charge >= 0.3 is 0 Å². The molecule has 0 aliphatic carbocycles. The summed E-state index contributed by atoms with van der Waals surface area (Å²) in [5.41, 5.74) is 0.353. The molecule has 0 atom stereocenters. The van der Waals surface area contributed by atoms with Crippen LogP contribution in [0, 0.1) is 11.3 Å². The van der Waals surface area contributed by atoms with Gasteiger partial charge in [-0.05, 0) is 12.1 Å². The van der Waals surface area contributed by atoms with Crippen LogP contribution < -0.4 is 4.74 Å². The molecule has 0 radical (unpaired) electrons. The number of amides is 1. The van der Waals surface area contributed by atoms with Gasteiger partial charge in [0.25, 0.3) is 5.91 Å². The predicted molar refractivity (Wildman–Crippen MR) is 67.4 cm³/mol. The van der Waals surface area contributed by atoms with Crippen molar-refractivity contribution in [2.75, 3.05) is 32.9 Å². The molecule has 0 fully saturated rings. The minimum absolute atomic E-state index is 0.142. The highest BCUT2D eigenvalue weighted by molar-refractivity contribution is 5.77. The third kappa shape index (κ3) is 4.58. The summed E-state index contributed by atoms with van der Waals surface area (Å²) in [7, 11) is 0. The first-order valence-corrected chi connectivity index (χ1v) is 5.84. The van der Waals surface area contributed by atoms with E-state index in [4.69, 9.17) is 20.2 Å². The van der Waals surface area contributed by atoms with Crippen LogP contribution >= 0.6 is 0 Å². The van der Waals surface area contributed by atoms with E-state index >= 15 is 0 Å². The molecule has 6 heteroatoms. The SMILES string of the molecule is N#Cc1ccccc1OCC(=O)N(CCO)CCO. The first kappa shape index (κ1) is 15.0. The summed E-state index contributed by atoms with van der Waals surface area (Å²) in [5.74, 6) is -0.0119. The highest BCUT2D eigenvalue weighted by Gasteiger charge is 2.13. The number of hydrogen-bond acceptors (Lipinski definition) is 5. The third-order valence-electron chi connectivity index (χ3n) is 2.45. The van der Waals surface area contributed by atoms with Crippen molar-refractivity contribution in [3.63, 3.8) is 0 Å². The minimum Gasteiger partial charge on any atom is -0.482 e. The van der Waals surface area contributed by atoms with Crippen LogP contribution in [0.2, 0.25) is 0 Å². The molecular weight excluding hydrogens is 248 g/mol. The second-order valence-electron chi connectivity index (χ2n) is 3.72. The van der Waals surface area contributed by atoms with Gasteiger partial charge in [0, 0.05) is 13.1 Å². The lowest BCUT2D eigenvalue weighted by Crippen LogP contribution is -2.38. The van der Waals surface area contributed by atoms with Crippen LogP contribution in [-0.2, 0) is 4.79 Å². The van der Waals surface area contributed by atoms with E-state index in [0.717, 1.165) is 0 Å². The first-order valence-electron chi connectivity index (χ1n) is 5.84. The molecule has 0 aliphatic heterocycles. The van der Waals surface area contributed by atoms with Gasteiger partial charge in [0.2, 0.25) is 0 Å². The summed E-state index contributed by atoms with van der Waals surface area (Å²) in [6.07, 6.45) is 0. The molecule has 0 saturated carbocycles. The van der Waals surface area contributed by atoms with Crippen LogP contribution in [0.25, 0.3) is 0 Å². The van der Waals surface area contributed by atoms with E-state index in [2.05, 4.69) is 0 Å². The second-order valence-corrected chi connectivity index (χ2v) is 3.72. The Bertz CT molecular complexity index is 450. The molecule has 0 aliphatic rings. The zero-order valence-electron chi connectivity index (χ0n) is 10.5. The third-order valence-corrected chi connectivity index (χ3v) is 2.45. The molecule has 0 unspecified atom stereocenters. The Hall–Kier alpha value is -2.10. The van der Waals surface area contributed by atoms with Gasteiger partial charge in [0.15, 0.2) is 6.61 Å². The molecule has 0 aromatic heterocycles. The van der Waals surface area contributed by atoms with Crippen LogP contribution in [0.1, 0.15) is 5.56 Å². The average Bonchev–Trinajstić information content (AvgIpc) is 2.44. The number of ether oxygens (including phenoxy) is 1. The molecule has 0 bridgehead atoms. The monoisotopic (exact) mass is 264 g/mol. The smallest absolute Gasteiger partial charge is 0.260 e. The fourth-order valence-electron chi connectivity index (χ4n) is 1.52. The van der Waals surface area contributed by atoms with Gasteiger partial charge in [-0.3, -0.25) is 4.79 Å². The number of aliphatic hydroxyl groups excluding tert-OH is 2. The van der Waals surface area contributed by atoms with Crippen molar-refractivity contribution in [1.82, 2.24) is 4.90 Å². The first-order chi connectivity index (χ1) is 9.22. The highest BCUT2D eigenvalue weighted by Crippen LogP contribution is 2.16. The molecule has 2 N–H and O–H groups in total. The zero-order valence-corrected chi connectivity index (χ0v) is 10.5. The number of rotatable bonds is 7. The molecule has 0 saturated heterocycles. The summed E-state index contributed by atoms with van der Waals surface area (Å²) < 4.78 is 5.29. The standard InChI is InChI=1S/C13H16N2O4/c14-9-11-3-1-2-4-12(11)19-10-13(18)15(5-7-16)6-8-17/h1-4,16-17H,5-8,10H2. The summed E-state index contributed by atoms with van der Waals surface area (Å²) in [4.78, 5) is 13.1. The molecule has 6 nitrogen and oxygen atoms in total. The van der Waals surface area contributed by atoms with E-state index in [1.165, 1.54) is 4.90 Å². The van der Waals surface area contributed by atoms with Crippen LogP contribution in [0.15, 0.2) is 24.3 Å². The molecule has 0 heterocycles. The van der Waals surface area contributed by atoms with Gasteiger partial charge in [-0.15, -0.1) is 0 Å². The van der Waals surface area contributed by atoms with Gasteiger partial charge in [-0.1, -0.05) is 12.1 Å². The van der Waals surface area contributed by atoms with Gasteiger partial charge < -0.3 is 19.8 Å². The van der Waals surface area contributed by atoms with Crippen molar-refractivity contribution in [3.05, 3.63) is 29.8 Å². The van der Waals surface area contributed by atoms with Crippen molar-refractivity contribution >= 4 is 5.91 Å². The molecule has 102 valence electrons. The van der Waals surface area contributed by atoms with Crippen LogP contribution in [0.5, 0.6) is 5.75 Å². The number of nitriles is 1.